The zero-order valence-corrected chi connectivity index (χ0v) is 11.3. The van der Waals surface area contributed by atoms with Crippen LogP contribution >= 0.6 is 11.3 Å². The fourth-order valence-electron chi connectivity index (χ4n) is 1.45. The Morgan fingerprint density at radius 3 is 3.00 bits per heavy atom. The van der Waals surface area contributed by atoms with Crippen molar-refractivity contribution in [3.8, 4) is 10.8 Å². The molecule has 2 rings (SSSR count). The molecule has 0 aliphatic heterocycles. The van der Waals surface area contributed by atoms with Crippen LogP contribution in [0.25, 0.3) is 10.8 Å². The smallest absolute Gasteiger partial charge is 0.251 e. The molecule has 0 radical (unpaired) electrons. The average molecular weight is 266 g/mol. The van der Waals surface area contributed by atoms with E-state index in [0.717, 1.165) is 4.88 Å². The van der Waals surface area contributed by atoms with Crippen LogP contribution in [0.3, 0.4) is 0 Å². The molecule has 2 aromatic rings. The Balaban J connectivity index is 2.18. The Hall–Kier alpha value is -1.66. The number of carbonyl (C=O) groups excluding carboxylic acids is 1. The number of oxazole rings is 1. The molecule has 0 N–H and O–H groups in total. The first-order valence-electron chi connectivity index (χ1n) is 5.42. The summed E-state index contributed by atoms with van der Waals surface area (Å²) in [5, 5.41) is 3.14. The largest absolute Gasteiger partial charge is 0.440 e. The van der Waals surface area contributed by atoms with E-state index in [9.17, 15) is 4.79 Å². The first-order chi connectivity index (χ1) is 8.61. The molecule has 96 valence electrons. The molecule has 0 unspecified atom stereocenters. The molecule has 0 bridgehead atoms. The van der Waals surface area contributed by atoms with Crippen molar-refractivity contribution in [2.24, 2.45) is 0 Å². The maximum Gasteiger partial charge on any atom is 0.251 e. The van der Waals surface area contributed by atoms with E-state index >= 15 is 0 Å². The van der Waals surface area contributed by atoms with Crippen molar-refractivity contribution in [1.29, 1.82) is 0 Å². The van der Waals surface area contributed by atoms with Gasteiger partial charge in [0, 0.05) is 7.05 Å². The number of amides is 1. The highest BCUT2D eigenvalue weighted by molar-refractivity contribution is 7.13. The molecule has 2 aromatic heterocycles. The maximum atomic E-state index is 11.7. The van der Waals surface area contributed by atoms with Gasteiger partial charge in [-0.05, 0) is 18.4 Å². The van der Waals surface area contributed by atoms with Crippen LogP contribution in [0.4, 0.5) is 0 Å². The lowest BCUT2D eigenvalue weighted by molar-refractivity contribution is -0.167. The topological polar surface area (TPSA) is 55.6 Å². The van der Waals surface area contributed by atoms with Crippen LogP contribution in [0.2, 0.25) is 0 Å². The lowest BCUT2D eigenvalue weighted by Crippen LogP contribution is -2.27. The summed E-state index contributed by atoms with van der Waals surface area (Å²) in [5.41, 5.74) is 0.646. The minimum atomic E-state index is -0.161. The van der Waals surface area contributed by atoms with E-state index in [1.807, 2.05) is 17.5 Å². The SMILES string of the molecule is CON(C)C(=O)Cc1nc(-c2cccs2)oc1C. The zero-order chi connectivity index (χ0) is 13.1. The summed E-state index contributed by atoms with van der Waals surface area (Å²) in [5.74, 6) is 1.06. The first-order valence-corrected chi connectivity index (χ1v) is 6.30. The number of rotatable bonds is 4. The van der Waals surface area contributed by atoms with Crippen LogP contribution in [0.15, 0.2) is 21.9 Å². The predicted octanol–water partition coefficient (Wildman–Crippen LogP) is 2.27. The van der Waals surface area contributed by atoms with E-state index in [1.54, 1.807) is 25.3 Å². The molecule has 0 atom stereocenters. The molecular weight excluding hydrogens is 252 g/mol. The van der Waals surface area contributed by atoms with Gasteiger partial charge in [-0.1, -0.05) is 6.07 Å². The van der Waals surface area contributed by atoms with Gasteiger partial charge in [-0.2, -0.15) is 0 Å². The van der Waals surface area contributed by atoms with Gasteiger partial charge in [-0.25, -0.2) is 10.0 Å². The highest BCUT2D eigenvalue weighted by Crippen LogP contribution is 2.26. The van der Waals surface area contributed by atoms with Gasteiger partial charge in [0.25, 0.3) is 5.91 Å². The Morgan fingerprint density at radius 1 is 1.61 bits per heavy atom. The zero-order valence-electron chi connectivity index (χ0n) is 10.5. The minimum Gasteiger partial charge on any atom is -0.440 e. The van der Waals surface area contributed by atoms with Crippen molar-refractivity contribution in [3.63, 3.8) is 0 Å². The number of aryl methyl sites for hydroxylation is 1. The summed E-state index contributed by atoms with van der Waals surface area (Å²) in [6, 6.07) is 3.87. The summed E-state index contributed by atoms with van der Waals surface area (Å²) >= 11 is 1.55. The Bertz CT molecular complexity index is 534. The van der Waals surface area contributed by atoms with E-state index in [4.69, 9.17) is 9.25 Å². The highest BCUT2D eigenvalue weighted by Gasteiger charge is 2.17. The monoisotopic (exact) mass is 266 g/mol. The van der Waals surface area contributed by atoms with Gasteiger partial charge in [0.05, 0.1) is 24.1 Å². The summed E-state index contributed by atoms with van der Waals surface area (Å²) in [6.45, 7) is 1.81. The molecule has 0 saturated heterocycles. The summed E-state index contributed by atoms with van der Waals surface area (Å²) < 4.78 is 5.56. The molecule has 0 fully saturated rings. The number of nitrogens with zero attached hydrogens (tertiary/aromatic N) is 2. The van der Waals surface area contributed by atoms with Gasteiger partial charge in [0.2, 0.25) is 5.89 Å². The highest BCUT2D eigenvalue weighted by atomic mass is 32.1. The van der Waals surface area contributed by atoms with Gasteiger partial charge in [-0.15, -0.1) is 11.3 Å². The van der Waals surface area contributed by atoms with Crippen LogP contribution in [0.5, 0.6) is 0 Å². The molecule has 0 aliphatic rings. The Kier molecular flexibility index (Phi) is 3.78. The second-order valence-corrected chi connectivity index (χ2v) is 4.70. The number of hydrogen-bond donors (Lipinski definition) is 0. The molecule has 0 spiro atoms. The van der Waals surface area contributed by atoms with Crippen LogP contribution in [0.1, 0.15) is 11.5 Å². The predicted molar refractivity (Wildman–Crippen MR) is 68.0 cm³/mol. The standard InChI is InChI=1S/C12H14N2O3S/c1-8-9(7-11(15)14(2)16-3)13-12(17-8)10-5-4-6-18-10/h4-6H,7H2,1-3H3. The minimum absolute atomic E-state index is 0.161. The van der Waals surface area contributed by atoms with Crippen LogP contribution < -0.4 is 0 Å². The van der Waals surface area contributed by atoms with Crippen molar-refractivity contribution < 1.29 is 14.0 Å². The Morgan fingerprint density at radius 2 is 2.39 bits per heavy atom. The number of hydroxylamine groups is 2. The average Bonchev–Trinajstić information content (AvgIpc) is 2.98. The molecule has 1 amide bonds. The van der Waals surface area contributed by atoms with Crippen molar-refractivity contribution in [2.45, 2.75) is 13.3 Å². The molecule has 0 aromatic carbocycles. The number of carbonyl (C=O) groups is 1. The normalized spacial score (nSPS) is 10.6. The number of aromatic nitrogens is 1. The van der Waals surface area contributed by atoms with E-state index < -0.39 is 0 Å². The van der Waals surface area contributed by atoms with Crippen molar-refractivity contribution >= 4 is 17.2 Å². The number of likely N-dealkylation sites (N-methyl/N-ethyl adjacent to an activating group) is 1. The van der Waals surface area contributed by atoms with Gasteiger partial charge < -0.3 is 4.42 Å². The molecular formula is C12H14N2O3S. The lowest BCUT2D eigenvalue weighted by atomic mass is 10.2. The van der Waals surface area contributed by atoms with Crippen LogP contribution in [-0.4, -0.2) is 30.1 Å². The van der Waals surface area contributed by atoms with E-state index in [1.165, 1.54) is 12.2 Å². The second kappa shape index (κ2) is 5.32. The molecule has 18 heavy (non-hydrogen) atoms. The van der Waals surface area contributed by atoms with Gasteiger partial charge >= 0.3 is 0 Å². The van der Waals surface area contributed by atoms with Crippen molar-refractivity contribution in [3.05, 3.63) is 29.0 Å². The molecule has 0 aliphatic carbocycles. The molecule has 0 saturated carbocycles. The van der Waals surface area contributed by atoms with Crippen molar-refractivity contribution in [1.82, 2.24) is 10.0 Å². The van der Waals surface area contributed by atoms with Gasteiger partial charge in [0.1, 0.15) is 5.76 Å². The van der Waals surface area contributed by atoms with Gasteiger partial charge in [-0.3, -0.25) is 9.63 Å². The fourth-order valence-corrected chi connectivity index (χ4v) is 2.10. The third-order valence-corrected chi connectivity index (χ3v) is 3.43. The second-order valence-electron chi connectivity index (χ2n) is 3.75. The maximum absolute atomic E-state index is 11.7. The number of thiophene rings is 1. The molecule has 6 heteroatoms. The lowest BCUT2D eigenvalue weighted by Gasteiger charge is -2.12. The third kappa shape index (κ3) is 2.60. The molecule has 2 heterocycles. The fraction of sp³-hybridized carbons (Fsp3) is 0.333. The molecule has 5 nitrogen and oxygen atoms in total. The summed E-state index contributed by atoms with van der Waals surface area (Å²) in [7, 11) is 3.02. The van der Waals surface area contributed by atoms with Crippen molar-refractivity contribution in [2.75, 3.05) is 14.2 Å². The summed E-state index contributed by atoms with van der Waals surface area (Å²) in [6.07, 6.45) is 0.172. The first kappa shape index (κ1) is 12.8. The quantitative estimate of drug-likeness (QED) is 0.797. The van der Waals surface area contributed by atoms with E-state index in [-0.39, 0.29) is 12.3 Å². The van der Waals surface area contributed by atoms with Crippen LogP contribution in [0, 0.1) is 6.92 Å². The van der Waals surface area contributed by atoms with Gasteiger partial charge in [0.15, 0.2) is 0 Å². The van der Waals surface area contributed by atoms with E-state index in [0.29, 0.717) is 17.3 Å². The Labute approximate surface area is 109 Å². The van der Waals surface area contributed by atoms with E-state index in [2.05, 4.69) is 4.98 Å². The third-order valence-electron chi connectivity index (χ3n) is 2.57. The summed E-state index contributed by atoms with van der Waals surface area (Å²) in [4.78, 5) is 21.8. The number of hydrogen-bond acceptors (Lipinski definition) is 5. The van der Waals surface area contributed by atoms with Crippen LogP contribution in [-0.2, 0) is 16.1 Å².